The van der Waals surface area contributed by atoms with E-state index in [0.717, 1.165) is 17.7 Å². The molecule has 0 atom stereocenters. The number of nitriles is 1. The summed E-state index contributed by atoms with van der Waals surface area (Å²) in [6, 6.07) is 13.7. The van der Waals surface area contributed by atoms with Crippen LogP contribution in [0.15, 0.2) is 61.1 Å². The van der Waals surface area contributed by atoms with Crippen molar-refractivity contribution < 1.29 is 18.0 Å². The van der Waals surface area contributed by atoms with Crippen LogP contribution in [0.4, 0.5) is 13.2 Å². The van der Waals surface area contributed by atoms with Crippen LogP contribution in [0, 0.1) is 11.3 Å². The van der Waals surface area contributed by atoms with Gasteiger partial charge in [-0.05, 0) is 29.8 Å². The molecular formula is C20H15F3N4O. The number of hydrogen-bond donors (Lipinski definition) is 1. The molecule has 2 aromatic carbocycles. The van der Waals surface area contributed by atoms with Gasteiger partial charge in [0.1, 0.15) is 0 Å². The highest BCUT2D eigenvalue weighted by Gasteiger charge is 2.34. The Balaban J connectivity index is 1.70. The number of carbonyl (C=O) groups excluding carboxylic acids is 1. The largest absolute Gasteiger partial charge is 0.417 e. The van der Waals surface area contributed by atoms with Crippen LogP contribution in [0.2, 0.25) is 0 Å². The minimum atomic E-state index is -4.61. The second-order valence-corrected chi connectivity index (χ2v) is 6.05. The lowest BCUT2D eigenvalue weighted by molar-refractivity contribution is -0.137. The Morgan fingerprint density at radius 1 is 1.14 bits per heavy atom. The summed E-state index contributed by atoms with van der Waals surface area (Å²) in [4.78, 5) is 16.3. The highest BCUT2D eigenvalue weighted by molar-refractivity contribution is 5.95. The molecule has 3 rings (SSSR count). The second-order valence-electron chi connectivity index (χ2n) is 6.05. The summed E-state index contributed by atoms with van der Waals surface area (Å²) in [5, 5.41) is 11.4. The molecular weight excluding hydrogens is 369 g/mol. The van der Waals surface area contributed by atoms with Gasteiger partial charge in [-0.1, -0.05) is 24.3 Å². The monoisotopic (exact) mass is 384 g/mol. The molecule has 0 aliphatic heterocycles. The first kappa shape index (κ1) is 19.2. The van der Waals surface area contributed by atoms with E-state index >= 15 is 0 Å². The fraction of sp³-hybridized carbons (Fsp3) is 0.150. The number of carbonyl (C=O) groups is 1. The van der Waals surface area contributed by atoms with E-state index in [0.29, 0.717) is 17.8 Å². The number of hydrogen-bond acceptors (Lipinski definition) is 3. The van der Waals surface area contributed by atoms with Crippen LogP contribution in [-0.2, 0) is 19.3 Å². The van der Waals surface area contributed by atoms with E-state index in [-0.39, 0.29) is 6.54 Å². The Kier molecular flexibility index (Phi) is 5.45. The van der Waals surface area contributed by atoms with Gasteiger partial charge in [0, 0.05) is 12.7 Å². The number of rotatable bonds is 5. The predicted molar refractivity (Wildman–Crippen MR) is 95.1 cm³/mol. The smallest absolute Gasteiger partial charge is 0.346 e. The lowest BCUT2D eigenvalue weighted by Crippen LogP contribution is -2.26. The van der Waals surface area contributed by atoms with Gasteiger partial charge >= 0.3 is 6.18 Å². The van der Waals surface area contributed by atoms with Crippen LogP contribution in [0.25, 0.3) is 0 Å². The Labute approximate surface area is 159 Å². The maximum absolute atomic E-state index is 13.1. The number of halogens is 3. The van der Waals surface area contributed by atoms with Crippen molar-refractivity contribution in [1.82, 2.24) is 14.9 Å². The number of aromatic nitrogens is 2. The minimum absolute atomic E-state index is 0.0291. The van der Waals surface area contributed by atoms with Gasteiger partial charge in [0.15, 0.2) is 0 Å². The van der Waals surface area contributed by atoms with Crippen molar-refractivity contribution in [2.24, 2.45) is 0 Å². The van der Waals surface area contributed by atoms with E-state index in [1.54, 1.807) is 41.4 Å². The van der Waals surface area contributed by atoms with Crippen LogP contribution in [-0.4, -0.2) is 15.5 Å². The van der Waals surface area contributed by atoms with Crippen molar-refractivity contribution in [3.05, 3.63) is 89.0 Å². The zero-order chi connectivity index (χ0) is 20.1. The molecule has 0 radical (unpaired) electrons. The van der Waals surface area contributed by atoms with E-state index in [1.807, 2.05) is 6.07 Å². The first-order valence-corrected chi connectivity index (χ1v) is 8.31. The average molecular weight is 384 g/mol. The third kappa shape index (κ3) is 4.38. The van der Waals surface area contributed by atoms with Gasteiger partial charge in [0.05, 0.1) is 41.3 Å². The molecule has 8 heteroatoms. The summed E-state index contributed by atoms with van der Waals surface area (Å²) in [6.07, 6.45) is -1.49. The van der Waals surface area contributed by atoms with Crippen LogP contribution in [0.3, 0.4) is 0 Å². The fourth-order valence-electron chi connectivity index (χ4n) is 2.71. The number of nitrogens with one attached hydrogen (secondary N) is 1. The minimum Gasteiger partial charge on any atom is -0.346 e. The molecule has 5 nitrogen and oxygen atoms in total. The van der Waals surface area contributed by atoms with Crippen LogP contribution in [0.1, 0.15) is 32.7 Å². The molecule has 142 valence electrons. The Bertz CT molecular complexity index is 1020. The molecule has 0 saturated heterocycles. The molecule has 28 heavy (non-hydrogen) atoms. The molecule has 1 N–H and O–H groups in total. The average Bonchev–Trinajstić information content (AvgIpc) is 3.13. The SMILES string of the molecule is N#Cc1ccc(Cn2cncc2CNC(=O)c2ccccc2C(F)(F)F)cc1. The zero-order valence-corrected chi connectivity index (χ0v) is 14.6. The predicted octanol–water partition coefficient (Wildman–Crippen LogP) is 3.75. The maximum Gasteiger partial charge on any atom is 0.417 e. The summed E-state index contributed by atoms with van der Waals surface area (Å²) in [7, 11) is 0. The Morgan fingerprint density at radius 2 is 1.86 bits per heavy atom. The van der Waals surface area contributed by atoms with Crippen LogP contribution >= 0.6 is 0 Å². The normalized spacial score (nSPS) is 11.1. The first-order valence-electron chi connectivity index (χ1n) is 8.31. The van der Waals surface area contributed by atoms with Gasteiger partial charge in [-0.3, -0.25) is 4.79 Å². The molecule has 1 aromatic heterocycles. The van der Waals surface area contributed by atoms with Gasteiger partial charge < -0.3 is 9.88 Å². The summed E-state index contributed by atoms with van der Waals surface area (Å²) in [5.41, 5.74) is 0.714. The van der Waals surface area contributed by atoms with E-state index < -0.39 is 23.2 Å². The topological polar surface area (TPSA) is 70.7 Å². The molecule has 1 amide bonds. The van der Waals surface area contributed by atoms with Gasteiger partial charge in [0.2, 0.25) is 0 Å². The third-order valence-electron chi connectivity index (χ3n) is 4.14. The standard InChI is InChI=1S/C20H15F3N4O/c21-20(22,23)18-4-2-1-3-17(18)19(28)26-11-16-10-25-13-27(16)12-15-7-5-14(9-24)6-8-15/h1-8,10,13H,11-12H2,(H,26,28). The zero-order valence-electron chi connectivity index (χ0n) is 14.6. The molecule has 0 bridgehead atoms. The summed E-state index contributed by atoms with van der Waals surface area (Å²) >= 11 is 0. The van der Waals surface area contributed by atoms with Crippen molar-refractivity contribution in [1.29, 1.82) is 5.26 Å². The van der Waals surface area contributed by atoms with Crippen LogP contribution < -0.4 is 5.32 Å². The van der Waals surface area contributed by atoms with Gasteiger partial charge in [0.25, 0.3) is 5.91 Å². The van der Waals surface area contributed by atoms with Gasteiger partial charge in [-0.15, -0.1) is 0 Å². The van der Waals surface area contributed by atoms with E-state index in [4.69, 9.17) is 5.26 Å². The molecule has 0 saturated carbocycles. The lowest BCUT2D eigenvalue weighted by Gasteiger charge is -2.13. The number of imidazole rings is 1. The molecule has 0 spiro atoms. The van der Waals surface area contributed by atoms with Crippen molar-refractivity contribution in [2.45, 2.75) is 19.3 Å². The molecule has 0 aliphatic carbocycles. The maximum atomic E-state index is 13.1. The van der Waals surface area contributed by atoms with E-state index in [9.17, 15) is 18.0 Å². The molecule has 1 heterocycles. The number of nitrogens with zero attached hydrogens (tertiary/aromatic N) is 3. The Hall–Kier alpha value is -3.60. The molecule has 3 aromatic rings. The lowest BCUT2D eigenvalue weighted by atomic mass is 10.1. The fourth-order valence-corrected chi connectivity index (χ4v) is 2.71. The molecule has 0 unspecified atom stereocenters. The Morgan fingerprint density at radius 3 is 2.54 bits per heavy atom. The van der Waals surface area contributed by atoms with Crippen molar-refractivity contribution in [2.75, 3.05) is 0 Å². The molecule has 0 aliphatic rings. The number of amides is 1. The molecule has 0 fully saturated rings. The van der Waals surface area contributed by atoms with E-state index in [1.165, 1.54) is 12.1 Å². The van der Waals surface area contributed by atoms with Crippen molar-refractivity contribution in [3.63, 3.8) is 0 Å². The van der Waals surface area contributed by atoms with Gasteiger partial charge in [-0.25, -0.2) is 4.98 Å². The van der Waals surface area contributed by atoms with Crippen molar-refractivity contribution >= 4 is 5.91 Å². The van der Waals surface area contributed by atoms with E-state index in [2.05, 4.69) is 10.3 Å². The van der Waals surface area contributed by atoms with Gasteiger partial charge in [-0.2, -0.15) is 18.4 Å². The highest BCUT2D eigenvalue weighted by atomic mass is 19.4. The summed E-state index contributed by atoms with van der Waals surface area (Å²) in [5.74, 6) is -0.806. The quantitative estimate of drug-likeness (QED) is 0.728. The van der Waals surface area contributed by atoms with Crippen LogP contribution in [0.5, 0.6) is 0 Å². The summed E-state index contributed by atoms with van der Waals surface area (Å²) in [6.45, 7) is 0.483. The number of benzene rings is 2. The second kappa shape index (κ2) is 7.96. The van der Waals surface area contributed by atoms with Crippen molar-refractivity contribution in [3.8, 4) is 6.07 Å². The third-order valence-corrected chi connectivity index (χ3v) is 4.14. The first-order chi connectivity index (χ1) is 13.4. The number of alkyl halides is 3. The highest BCUT2D eigenvalue weighted by Crippen LogP contribution is 2.31. The summed E-state index contributed by atoms with van der Waals surface area (Å²) < 4.78 is 41.0.